The molecule has 3 heterocycles. The minimum Gasteiger partial charge on any atom is -0.507 e. The van der Waals surface area contributed by atoms with Crippen molar-refractivity contribution in [3.05, 3.63) is 206 Å². The average Bonchev–Trinajstić information content (AvgIpc) is 0.768. The van der Waals surface area contributed by atoms with Gasteiger partial charge in [0, 0.05) is 126 Å². The molecule has 0 amide bonds. The predicted molar refractivity (Wildman–Crippen MR) is 384 cm³/mol. The van der Waals surface area contributed by atoms with Gasteiger partial charge in [0.15, 0.2) is 0 Å². The SMILES string of the molecule is CCc1c2c(CC)c3c(CC)c1CSC[C@H](C(=O)OC)N1Cc4cc(C)cc(c4O)Cc4cc(C)cc(c4O)CN(Cc4cc(C)cc(c4O)Cc4cc(C)cc(c4O)CN(Cc4cc(C)cc(c4O)Cc4cc(C)cc(c4O)C1)[C@@H](C(=O)OC)CSC3)[C@@H](C(=O)OC)CSC2. The van der Waals surface area contributed by atoms with Crippen LogP contribution in [0.15, 0.2) is 72.8 Å². The van der Waals surface area contributed by atoms with E-state index in [2.05, 4.69) is 20.8 Å². The van der Waals surface area contributed by atoms with Gasteiger partial charge in [-0.1, -0.05) is 127 Å². The average molecular weight is 1360 g/mol. The molecule has 3 atom stereocenters. The minimum atomic E-state index is -0.906. The van der Waals surface area contributed by atoms with Gasteiger partial charge in [-0.3, -0.25) is 29.1 Å². The molecule has 0 aromatic heterocycles. The van der Waals surface area contributed by atoms with Crippen LogP contribution in [0.5, 0.6) is 34.5 Å². The zero-order valence-electron chi connectivity index (χ0n) is 57.6. The normalized spacial score (nSPS) is 19.6. The van der Waals surface area contributed by atoms with E-state index in [4.69, 9.17) is 14.2 Å². The molecule has 7 aromatic rings. The van der Waals surface area contributed by atoms with Crippen molar-refractivity contribution in [3.63, 3.8) is 0 Å². The fraction of sp³-hybridized carbons (Fsp3) is 0.423. The molecule has 18 bridgehead atoms. The molecule has 0 radical (unpaired) electrons. The summed E-state index contributed by atoms with van der Waals surface area (Å²) in [4.78, 5) is 50.3. The summed E-state index contributed by atoms with van der Waals surface area (Å²) in [6.07, 6.45) is 2.35. The maximum Gasteiger partial charge on any atom is 0.323 e. The first-order chi connectivity index (χ1) is 45.9. The van der Waals surface area contributed by atoms with E-state index in [-0.39, 0.29) is 110 Å². The molecule has 0 fully saturated rings. The molecule has 3 aliphatic heterocycles. The maximum atomic E-state index is 14.8. The number of aromatic hydroxyl groups is 6. The summed E-state index contributed by atoms with van der Waals surface area (Å²) >= 11 is 4.85. The third-order valence-electron chi connectivity index (χ3n) is 19.4. The molecule has 7 aromatic carbocycles. The largest absolute Gasteiger partial charge is 0.507 e. The topological polar surface area (TPSA) is 210 Å². The summed E-state index contributed by atoms with van der Waals surface area (Å²) in [7, 11) is 4.15. The Bertz CT molecular complexity index is 3500. The Morgan fingerprint density at radius 3 is 0.688 bits per heavy atom. The second kappa shape index (κ2) is 31.0. The molecule has 0 aliphatic carbocycles. The number of methoxy groups -OCH3 is 3. The van der Waals surface area contributed by atoms with Crippen molar-refractivity contribution in [2.45, 2.75) is 175 Å². The Balaban J connectivity index is 1.32. The Kier molecular flexibility index (Phi) is 23.1. The van der Waals surface area contributed by atoms with Crippen LogP contribution in [0.1, 0.15) is 154 Å². The Hall–Kier alpha value is -7.32. The lowest BCUT2D eigenvalue weighted by atomic mass is 9.85. The van der Waals surface area contributed by atoms with Gasteiger partial charge in [0.2, 0.25) is 0 Å². The molecule has 0 saturated carbocycles. The maximum absolute atomic E-state index is 14.8. The number of phenols is 6. The zero-order chi connectivity index (χ0) is 69.0. The number of thioether (sulfide) groups is 3. The molecule has 96 heavy (non-hydrogen) atoms. The number of benzene rings is 7. The van der Waals surface area contributed by atoms with E-state index in [0.717, 1.165) is 50.1 Å². The van der Waals surface area contributed by atoms with E-state index >= 15 is 0 Å². The Morgan fingerprint density at radius 2 is 0.521 bits per heavy atom. The van der Waals surface area contributed by atoms with Crippen LogP contribution < -0.4 is 0 Å². The second-order valence-electron chi connectivity index (χ2n) is 26.4. The van der Waals surface area contributed by atoms with E-state index < -0.39 is 36.0 Å². The van der Waals surface area contributed by atoms with Crippen LogP contribution in [0.4, 0.5) is 0 Å². The van der Waals surface area contributed by atoms with Crippen molar-refractivity contribution in [1.29, 1.82) is 0 Å². The number of hydrogen-bond acceptors (Lipinski definition) is 18. The van der Waals surface area contributed by atoms with E-state index in [9.17, 15) is 45.0 Å². The number of ether oxygens (including phenoxy) is 3. The van der Waals surface area contributed by atoms with E-state index in [1.165, 1.54) is 38.0 Å². The highest BCUT2D eigenvalue weighted by Gasteiger charge is 2.36. The second-order valence-corrected chi connectivity index (χ2v) is 29.5. The van der Waals surface area contributed by atoms with Crippen LogP contribution in [0, 0.1) is 41.5 Å². The lowest BCUT2D eigenvalue weighted by Gasteiger charge is -2.33. The van der Waals surface area contributed by atoms with Crippen molar-refractivity contribution in [2.75, 3.05) is 38.6 Å². The van der Waals surface area contributed by atoms with Crippen LogP contribution >= 0.6 is 35.3 Å². The molecular formula is C78H93N3O12S3. The summed E-state index contributed by atoms with van der Waals surface area (Å²) in [6, 6.07) is 20.1. The Morgan fingerprint density at radius 1 is 0.344 bits per heavy atom. The van der Waals surface area contributed by atoms with Gasteiger partial charge in [-0.2, -0.15) is 35.3 Å². The van der Waals surface area contributed by atoms with Gasteiger partial charge >= 0.3 is 17.9 Å². The van der Waals surface area contributed by atoms with Gasteiger partial charge in [0.1, 0.15) is 52.6 Å². The van der Waals surface area contributed by atoms with Crippen molar-refractivity contribution in [2.24, 2.45) is 0 Å². The van der Waals surface area contributed by atoms with Crippen LogP contribution in [0.2, 0.25) is 0 Å². The van der Waals surface area contributed by atoms with Crippen molar-refractivity contribution < 1.29 is 59.2 Å². The van der Waals surface area contributed by atoms with Gasteiger partial charge in [-0.05, 0) is 128 Å². The molecule has 6 N–H and O–H groups in total. The van der Waals surface area contributed by atoms with E-state index in [1.54, 1.807) is 35.3 Å². The van der Waals surface area contributed by atoms with Crippen LogP contribution in [-0.4, -0.2) is 120 Å². The fourth-order valence-corrected chi connectivity index (χ4v) is 18.7. The molecule has 18 heteroatoms. The van der Waals surface area contributed by atoms with Crippen molar-refractivity contribution in [3.8, 4) is 34.5 Å². The van der Waals surface area contributed by atoms with E-state index in [0.29, 0.717) is 103 Å². The lowest BCUT2D eigenvalue weighted by molar-refractivity contribution is -0.147. The number of carbonyl (C=O) groups is 3. The van der Waals surface area contributed by atoms with Gasteiger partial charge in [0.25, 0.3) is 0 Å². The first-order valence-electron chi connectivity index (χ1n) is 33.2. The van der Waals surface area contributed by atoms with Crippen molar-refractivity contribution in [1.82, 2.24) is 14.7 Å². The summed E-state index contributed by atoms with van der Waals surface area (Å²) in [5.74, 6) is 0.720. The number of phenolic OH excluding ortho intramolecular Hbond substituents is 6. The first kappa shape index (κ1) is 71.5. The quantitative estimate of drug-likeness (QED) is 0.0675. The van der Waals surface area contributed by atoms with Crippen molar-refractivity contribution >= 4 is 53.2 Å². The third kappa shape index (κ3) is 15.5. The number of fused-ring (bicyclic) bond motifs is 24. The number of nitrogens with zero attached hydrogens (tertiary/aromatic N) is 3. The number of aryl methyl sites for hydroxylation is 6. The van der Waals surface area contributed by atoms with Gasteiger partial charge in [0.05, 0.1) is 21.3 Å². The highest BCUT2D eigenvalue weighted by atomic mass is 32.2. The molecule has 0 saturated heterocycles. The standard InChI is InChI=1S/C78H93N3O12S3/c1-13-61-64-37-94-40-67(76(88)91-10)79-31-55-22-43(4)16-49(70(55)82)28-50-17-44(5)23-56(71(50)83)32-80-34-58-25-46(7)19-52(73(58)85)30-54-21-48(9)27-60(75(54)87)36-81(35-59-26-47(8)20-53(74(59)86)29-51-18-45(6)24-57(33-79)72(51)84)69(78(90)93-12)42-96-39-66(62(64)14-2)63(15-3)65(61)38-95-41-68(80)77(89)92-11/h16-27,67-69,82-87H,13-15,28-42H2,1-12H3/t67-,68-,69-/m1/s1. The number of rotatable bonds is 6. The molecule has 0 spiro atoms. The molecule has 3 aliphatic rings. The Labute approximate surface area is 578 Å². The summed E-state index contributed by atoms with van der Waals surface area (Å²) in [5, 5.41) is 76.4. The fourth-order valence-electron chi connectivity index (χ4n) is 15.0. The van der Waals surface area contributed by atoms with Gasteiger partial charge in [-0.15, -0.1) is 0 Å². The third-order valence-corrected chi connectivity index (χ3v) is 22.5. The number of esters is 3. The summed E-state index contributed by atoms with van der Waals surface area (Å²) < 4.78 is 17.2. The monoisotopic (exact) mass is 1360 g/mol. The van der Waals surface area contributed by atoms with Crippen LogP contribution in [0.25, 0.3) is 0 Å². The molecular weight excluding hydrogens is 1270 g/mol. The summed E-state index contributed by atoms with van der Waals surface area (Å²) in [5.41, 5.74) is 18.3. The zero-order valence-corrected chi connectivity index (χ0v) is 60.0. The predicted octanol–water partition coefficient (Wildman–Crippen LogP) is 13.6. The lowest BCUT2D eigenvalue weighted by Crippen LogP contribution is -2.43. The van der Waals surface area contributed by atoms with Gasteiger partial charge < -0.3 is 44.8 Å². The molecule has 10 rings (SSSR count). The number of hydrogen-bond donors (Lipinski definition) is 6. The smallest absolute Gasteiger partial charge is 0.323 e. The van der Waals surface area contributed by atoms with E-state index in [1.807, 2.05) is 129 Å². The number of carbonyl (C=O) groups excluding carboxylic acids is 3. The molecule has 15 nitrogen and oxygen atoms in total. The minimum absolute atomic E-state index is 0.0184. The van der Waals surface area contributed by atoms with Gasteiger partial charge in [-0.25, -0.2) is 0 Å². The highest BCUT2D eigenvalue weighted by Crippen LogP contribution is 2.43. The highest BCUT2D eigenvalue weighted by molar-refractivity contribution is 7.99. The van der Waals surface area contributed by atoms with Crippen LogP contribution in [-0.2, 0) is 124 Å². The molecule has 510 valence electrons. The van der Waals surface area contributed by atoms with Crippen LogP contribution in [0.3, 0.4) is 0 Å². The summed E-state index contributed by atoms with van der Waals surface area (Å²) in [6.45, 7) is 18.5. The first-order valence-corrected chi connectivity index (χ1v) is 36.7. The molecule has 0 unspecified atom stereocenters.